The number of hydrogen-bond acceptors (Lipinski definition) is 7. The van der Waals surface area contributed by atoms with E-state index in [1.807, 2.05) is 60.7 Å². The molecule has 1 saturated heterocycles. The van der Waals surface area contributed by atoms with Crippen LogP contribution in [0.15, 0.2) is 89.6 Å². The van der Waals surface area contributed by atoms with Crippen LogP contribution < -0.4 is 15.2 Å². The topological polar surface area (TPSA) is 104 Å². The third-order valence-electron chi connectivity index (χ3n) is 7.15. The molecule has 1 aliphatic heterocycles. The first-order valence-electron chi connectivity index (χ1n) is 13.4. The number of ether oxygens (including phenoxy) is 2. The number of benzene rings is 3. The molecular weight excluding hydrogens is 524 g/mol. The van der Waals surface area contributed by atoms with Gasteiger partial charge in [-0.05, 0) is 55.3 Å². The Kier molecular flexibility index (Phi) is 8.84. The van der Waals surface area contributed by atoms with Gasteiger partial charge in [0.05, 0.1) is 16.4 Å². The maximum Gasteiger partial charge on any atom is 0.146 e. The van der Waals surface area contributed by atoms with E-state index in [9.17, 15) is 0 Å². The van der Waals surface area contributed by atoms with E-state index in [1.54, 1.807) is 18.2 Å². The maximum absolute atomic E-state index is 9.02. The number of anilines is 1. The number of oxime groups is 1. The Bertz CT molecular complexity index is 1460. The molecule has 3 aromatic carbocycles. The van der Waals surface area contributed by atoms with E-state index in [0.29, 0.717) is 22.2 Å². The predicted molar refractivity (Wildman–Crippen MR) is 161 cm³/mol. The molecule has 0 unspecified atom stereocenters. The minimum absolute atomic E-state index is 0.132. The van der Waals surface area contributed by atoms with Crippen LogP contribution in [0.3, 0.4) is 0 Å². The molecule has 1 fully saturated rings. The normalized spacial score (nSPS) is 16.7. The molecule has 0 radical (unpaired) electrons. The van der Waals surface area contributed by atoms with Gasteiger partial charge >= 0.3 is 0 Å². The third-order valence-corrected chi connectivity index (χ3v) is 7.59. The molecule has 0 saturated carbocycles. The van der Waals surface area contributed by atoms with Gasteiger partial charge in [0.15, 0.2) is 0 Å². The van der Waals surface area contributed by atoms with Crippen molar-refractivity contribution in [2.75, 3.05) is 25.4 Å². The van der Waals surface area contributed by atoms with Crippen molar-refractivity contribution in [3.05, 3.63) is 101 Å². The van der Waals surface area contributed by atoms with Gasteiger partial charge in [-0.25, -0.2) is 0 Å². The Morgan fingerprint density at radius 3 is 2.42 bits per heavy atom. The van der Waals surface area contributed by atoms with E-state index in [4.69, 9.17) is 37.4 Å². The summed E-state index contributed by atoms with van der Waals surface area (Å²) in [5.74, 6) is 1.20. The average Bonchev–Trinajstić information content (AvgIpc) is 2.98. The summed E-state index contributed by atoms with van der Waals surface area (Å²) in [6.45, 7) is 3.32. The highest BCUT2D eigenvalue weighted by atomic mass is 35.5. The lowest BCUT2D eigenvalue weighted by molar-refractivity contribution is 0.217. The minimum Gasteiger partial charge on any atom is -0.488 e. The van der Waals surface area contributed by atoms with Crippen LogP contribution in [0, 0.1) is 5.41 Å². The quantitative estimate of drug-likeness (QED) is 0.115. The van der Waals surface area contributed by atoms with Crippen LogP contribution in [0.5, 0.6) is 11.5 Å². The fourth-order valence-electron chi connectivity index (χ4n) is 4.98. The SMILES string of the molecule is N=C1C=C(COc2cc(OCc3cccc(-c4ccccc4)c3Cl)c(N)cc2CN2CCCCC2)C=C/C1=N/O. The van der Waals surface area contributed by atoms with Crippen molar-refractivity contribution in [3.8, 4) is 22.6 Å². The number of piperidine rings is 1. The lowest BCUT2D eigenvalue weighted by atomic mass is 10.0. The number of hydrogen-bond donors (Lipinski definition) is 3. The summed E-state index contributed by atoms with van der Waals surface area (Å²) >= 11 is 6.79. The van der Waals surface area contributed by atoms with Crippen LogP contribution in [0.4, 0.5) is 5.69 Å². The van der Waals surface area contributed by atoms with E-state index < -0.39 is 0 Å². The zero-order chi connectivity index (χ0) is 27.9. The fourth-order valence-corrected chi connectivity index (χ4v) is 5.26. The summed E-state index contributed by atoms with van der Waals surface area (Å²) in [6.07, 6.45) is 8.65. The van der Waals surface area contributed by atoms with Crippen LogP contribution in [0.25, 0.3) is 11.1 Å². The van der Waals surface area contributed by atoms with Crippen LogP contribution in [-0.4, -0.2) is 41.2 Å². The highest BCUT2D eigenvalue weighted by Crippen LogP contribution is 2.35. The number of nitrogen functional groups attached to an aromatic ring is 1. The standard InChI is InChI=1S/C32H33ClN4O3/c33-32-24(10-7-11-26(32)23-8-3-1-4-9-23)21-40-31-18-30(39-20-22-12-13-29(36-38)27(34)16-22)25(17-28(31)35)19-37-14-5-2-6-15-37/h1,3-4,7-13,16-18,34,38H,2,5-6,14-15,19-21,35H2/b34-27?,36-29-. The van der Waals surface area contributed by atoms with Gasteiger partial charge < -0.3 is 20.4 Å². The van der Waals surface area contributed by atoms with E-state index in [0.717, 1.165) is 47.5 Å². The lowest BCUT2D eigenvalue weighted by Gasteiger charge is -2.27. The second-order valence-electron chi connectivity index (χ2n) is 10.0. The smallest absolute Gasteiger partial charge is 0.146 e. The summed E-state index contributed by atoms with van der Waals surface area (Å²) in [4.78, 5) is 2.42. The predicted octanol–water partition coefficient (Wildman–Crippen LogP) is 6.88. The second-order valence-corrected chi connectivity index (χ2v) is 10.4. The molecule has 2 aliphatic rings. The lowest BCUT2D eigenvalue weighted by Crippen LogP contribution is -2.29. The van der Waals surface area contributed by atoms with Crippen molar-refractivity contribution in [3.63, 3.8) is 0 Å². The van der Waals surface area contributed by atoms with Gasteiger partial charge in [-0.1, -0.05) is 77.8 Å². The Morgan fingerprint density at radius 2 is 1.68 bits per heavy atom. The Labute approximate surface area is 239 Å². The van der Waals surface area contributed by atoms with Gasteiger partial charge in [0.25, 0.3) is 0 Å². The second kappa shape index (κ2) is 12.9. The molecule has 40 heavy (non-hydrogen) atoms. The van der Waals surface area contributed by atoms with Gasteiger partial charge in [-0.3, -0.25) is 10.3 Å². The first-order chi connectivity index (χ1) is 19.5. The zero-order valence-corrected chi connectivity index (χ0v) is 23.0. The molecule has 1 aliphatic carbocycles. The van der Waals surface area contributed by atoms with Crippen LogP contribution in [-0.2, 0) is 13.2 Å². The molecule has 5 rings (SSSR count). The van der Waals surface area contributed by atoms with Crippen molar-refractivity contribution in [2.24, 2.45) is 5.16 Å². The zero-order valence-electron chi connectivity index (χ0n) is 22.3. The number of halogens is 1. The van der Waals surface area contributed by atoms with Crippen LogP contribution in [0.1, 0.15) is 30.4 Å². The molecule has 0 bridgehead atoms. The van der Waals surface area contributed by atoms with Gasteiger partial charge in [0.2, 0.25) is 0 Å². The monoisotopic (exact) mass is 556 g/mol. The average molecular weight is 557 g/mol. The van der Waals surface area contributed by atoms with Crippen molar-refractivity contribution in [1.29, 1.82) is 5.41 Å². The molecule has 4 N–H and O–H groups in total. The number of nitrogens with zero attached hydrogens (tertiary/aromatic N) is 2. The van der Waals surface area contributed by atoms with E-state index in [-0.39, 0.29) is 24.6 Å². The largest absolute Gasteiger partial charge is 0.488 e. The van der Waals surface area contributed by atoms with Gasteiger partial charge in [0.1, 0.15) is 30.4 Å². The molecule has 0 aromatic heterocycles. The molecule has 1 heterocycles. The number of rotatable bonds is 9. The summed E-state index contributed by atoms with van der Waals surface area (Å²) in [6, 6.07) is 19.7. The summed E-state index contributed by atoms with van der Waals surface area (Å²) in [5, 5.41) is 20.8. The van der Waals surface area contributed by atoms with Crippen molar-refractivity contribution < 1.29 is 14.7 Å². The van der Waals surface area contributed by atoms with E-state index in [1.165, 1.54) is 19.3 Å². The van der Waals surface area contributed by atoms with Crippen LogP contribution in [0.2, 0.25) is 5.02 Å². The summed E-state index contributed by atoms with van der Waals surface area (Å²) in [5.41, 5.74) is 12.0. The molecule has 8 heteroatoms. The number of likely N-dealkylation sites (tertiary alicyclic amines) is 1. The molecule has 206 valence electrons. The highest BCUT2D eigenvalue weighted by molar-refractivity contribution is 6.50. The van der Waals surface area contributed by atoms with Gasteiger partial charge in [0, 0.05) is 29.3 Å². The summed E-state index contributed by atoms with van der Waals surface area (Å²) < 4.78 is 12.5. The van der Waals surface area contributed by atoms with Gasteiger partial charge in [-0.15, -0.1) is 0 Å². The minimum atomic E-state index is 0.132. The third kappa shape index (κ3) is 6.55. The number of allylic oxidation sites excluding steroid dienone is 2. The first kappa shape index (κ1) is 27.5. The van der Waals surface area contributed by atoms with Crippen LogP contribution >= 0.6 is 11.6 Å². The molecular formula is C32H33ClN4O3. The van der Waals surface area contributed by atoms with Crippen molar-refractivity contribution >= 4 is 28.7 Å². The molecule has 0 atom stereocenters. The van der Waals surface area contributed by atoms with E-state index >= 15 is 0 Å². The molecule has 7 nitrogen and oxygen atoms in total. The Morgan fingerprint density at radius 1 is 0.900 bits per heavy atom. The molecule has 0 amide bonds. The Hall–Kier alpha value is -4.07. The first-order valence-corrected chi connectivity index (χ1v) is 13.8. The number of nitrogens with two attached hydrogens (primary N) is 1. The summed E-state index contributed by atoms with van der Waals surface area (Å²) in [7, 11) is 0. The van der Waals surface area contributed by atoms with Gasteiger partial charge in [-0.2, -0.15) is 0 Å². The molecule has 0 spiro atoms. The van der Waals surface area contributed by atoms with E-state index in [2.05, 4.69) is 10.1 Å². The van der Waals surface area contributed by atoms with Crippen molar-refractivity contribution in [1.82, 2.24) is 4.90 Å². The number of nitrogens with one attached hydrogen (secondary N) is 1. The maximum atomic E-state index is 9.02. The fraction of sp³-hybridized carbons (Fsp3) is 0.250. The van der Waals surface area contributed by atoms with Crippen molar-refractivity contribution in [2.45, 2.75) is 32.4 Å². The molecule has 3 aromatic rings. The Balaban J connectivity index is 1.37. The highest BCUT2D eigenvalue weighted by Gasteiger charge is 2.18.